The average molecular weight is 354 g/mol. The first kappa shape index (κ1) is 15.8. The molecule has 0 aliphatic rings. The Labute approximate surface area is 132 Å². The highest BCUT2D eigenvalue weighted by Crippen LogP contribution is 2.28. The summed E-state index contributed by atoms with van der Waals surface area (Å²) in [4.78, 5) is 0. The van der Waals surface area contributed by atoms with Gasteiger partial charge in [-0.3, -0.25) is 0 Å². The van der Waals surface area contributed by atoms with Crippen LogP contribution >= 0.6 is 15.9 Å². The summed E-state index contributed by atoms with van der Waals surface area (Å²) in [5.41, 5.74) is 6.89. The van der Waals surface area contributed by atoms with E-state index in [0.29, 0.717) is 10.2 Å². The third-order valence-electron chi connectivity index (χ3n) is 3.05. The largest absolute Gasteiger partial charge is 0.497 e. The molecule has 21 heavy (non-hydrogen) atoms. The van der Waals surface area contributed by atoms with E-state index >= 15 is 0 Å². The first-order valence-electron chi connectivity index (χ1n) is 6.52. The van der Waals surface area contributed by atoms with Crippen LogP contribution in [0.4, 0.5) is 4.39 Å². The fourth-order valence-electron chi connectivity index (χ4n) is 1.99. The molecule has 0 spiro atoms. The van der Waals surface area contributed by atoms with Crippen molar-refractivity contribution in [3.63, 3.8) is 0 Å². The predicted octanol–water partition coefficient (Wildman–Crippen LogP) is 4.06. The van der Waals surface area contributed by atoms with Crippen LogP contribution < -0.4 is 15.2 Å². The lowest BCUT2D eigenvalue weighted by Crippen LogP contribution is -2.29. The fourth-order valence-corrected chi connectivity index (χ4v) is 2.24. The van der Waals surface area contributed by atoms with Gasteiger partial charge in [0.1, 0.15) is 23.4 Å². The minimum absolute atomic E-state index is 0.260. The molecule has 0 saturated heterocycles. The second kappa shape index (κ2) is 6.91. The highest BCUT2D eigenvalue weighted by Gasteiger charge is 2.19. The molecule has 0 amide bonds. The Bertz CT molecular complexity index is 619. The molecule has 0 fully saturated rings. The summed E-state index contributed by atoms with van der Waals surface area (Å²) in [6.07, 6.45) is -0.388. The number of nitrogens with two attached hydrogens (primary N) is 1. The van der Waals surface area contributed by atoms with Gasteiger partial charge in [-0.15, -0.1) is 0 Å². The third kappa shape index (κ3) is 3.95. The molecule has 2 aromatic carbocycles. The zero-order valence-corrected chi connectivity index (χ0v) is 13.4. The summed E-state index contributed by atoms with van der Waals surface area (Å²) in [7, 11) is 1.60. The van der Waals surface area contributed by atoms with E-state index in [2.05, 4.69) is 15.9 Å². The Morgan fingerprint density at radius 1 is 1.14 bits per heavy atom. The van der Waals surface area contributed by atoms with Crippen molar-refractivity contribution in [2.75, 3.05) is 7.11 Å². The number of halogens is 2. The molecule has 2 atom stereocenters. The zero-order valence-electron chi connectivity index (χ0n) is 11.8. The molecule has 0 radical (unpaired) electrons. The lowest BCUT2D eigenvalue weighted by atomic mass is 10.0. The number of benzene rings is 2. The van der Waals surface area contributed by atoms with E-state index in [0.717, 1.165) is 11.3 Å². The van der Waals surface area contributed by atoms with Gasteiger partial charge in [-0.05, 0) is 52.7 Å². The van der Waals surface area contributed by atoms with Crippen LogP contribution in [0.2, 0.25) is 0 Å². The van der Waals surface area contributed by atoms with Crippen molar-refractivity contribution < 1.29 is 13.9 Å². The van der Waals surface area contributed by atoms with E-state index in [-0.39, 0.29) is 18.0 Å². The maximum atomic E-state index is 13.6. The number of rotatable bonds is 5. The Hall–Kier alpha value is -1.59. The SMILES string of the molecule is COc1cccc(C(Oc2ccc(Br)c(F)c2)C(C)N)c1. The van der Waals surface area contributed by atoms with Crippen molar-refractivity contribution in [3.05, 3.63) is 58.3 Å². The predicted molar refractivity (Wildman–Crippen MR) is 84.1 cm³/mol. The number of ether oxygens (including phenoxy) is 2. The first-order chi connectivity index (χ1) is 10.0. The van der Waals surface area contributed by atoms with Crippen LogP contribution in [0.5, 0.6) is 11.5 Å². The van der Waals surface area contributed by atoms with Crippen molar-refractivity contribution in [1.82, 2.24) is 0 Å². The maximum absolute atomic E-state index is 13.6. The van der Waals surface area contributed by atoms with Crippen molar-refractivity contribution in [3.8, 4) is 11.5 Å². The molecule has 3 nitrogen and oxygen atoms in total. The Kier molecular flexibility index (Phi) is 5.20. The molecule has 0 aliphatic carbocycles. The van der Waals surface area contributed by atoms with E-state index in [1.165, 1.54) is 6.07 Å². The fraction of sp³-hybridized carbons (Fsp3) is 0.250. The number of methoxy groups -OCH3 is 1. The van der Waals surface area contributed by atoms with E-state index in [1.54, 1.807) is 19.2 Å². The molecule has 0 bridgehead atoms. The first-order valence-corrected chi connectivity index (χ1v) is 7.32. The minimum Gasteiger partial charge on any atom is -0.497 e. The van der Waals surface area contributed by atoms with Crippen molar-refractivity contribution in [2.24, 2.45) is 5.73 Å². The van der Waals surface area contributed by atoms with E-state index in [4.69, 9.17) is 15.2 Å². The topological polar surface area (TPSA) is 44.5 Å². The zero-order chi connectivity index (χ0) is 15.4. The molecular weight excluding hydrogens is 337 g/mol. The van der Waals surface area contributed by atoms with Gasteiger partial charge in [-0.25, -0.2) is 4.39 Å². The molecule has 2 unspecified atom stereocenters. The second-order valence-electron chi connectivity index (χ2n) is 4.75. The van der Waals surface area contributed by atoms with Crippen LogP contribution in [-0.4, -0.2) is 13.2 Å². The van der Waals surface area contributed by atoms with Gasteiger partial charge in [0.2, 0.25) is 0 Å². The molecule has 2 N–H and O–H groups in total. The van der Waals surface area contributed by atoms with Crippen LogP contribution in [0.1, 0.15) is 18.6 Å². The summed E-state index contributed by atoms with van der Waals surface area (Å²) in [5, 5.41) is 0. The van der Waals surface area contributed by atoms with Crippen LogP contribution in [0, 0.1) is 5.82 Å². The van der Waals surface area contributed by atoms with Crippen molar-refractivity contribution in [2.45, 2.75) is 19.1 Å². The molecule has 112 valence electrons. The highest BCUT2D eigenvalue weighted by atomic mass is 79.9. The van der Waals surface area contributed by atoms with Crippen LogP contribution in [0.25, 0.3) is 0 Å². The quantitative estimate of drug-likeness (QED) is 0.881. The maximum Gasteiger partial charge on any atom is 0.141 e. The highest BCUT2D eigenvalue weighted by molar-refractivity contribution is 9.10. The Balaban J connectivity index is 2.28. The van der Waals surface area contributed by atoms with Gasteiger partial charge in [0.15, 0.2) is 0 Å². The molecule has 0 heterocycles. The lowest BCUT2D eigenvalue weighted by Gasteiger charge is -2.23. The Morgan fingerprint density at radius 3 is 2.52 bits per heavy atom. The van der Waals surface area contributed by atoms with Crippen LogP contribution in [0.3, 0.4) is 0 Å². The van der Waals surface area contributed by atoms with Gasteiger partial charge in [-0.1, -0.05) is 12.1 Å². The van der Waals surface area contributed by atoms with E-state index in [1.807, 2.05) is 31.2 Å². The summed E-state index contributed by atoms with van der Waals surface area (Å²) in [6.45, 7) is 1.85. The summed E-state index contributed by atoms with van der Waals surface area (Å²) >= 11 is 3.12. The Morgan fingerprint density at radius 2 is 1.90 bits per heavy atom. The number of hydrogen-bond acceptors (Lipinski definition) is 3. The van der Waals surface area contributed by atoms with Crippen LogP contribution in [-0.2, 0) is 0 Å². The van der Waals surface area contributed by atoms with Gasteiger partial charge in [0, 0.05) is 12.1 Å². The lowest BCUT2D eigenvalue weighted by molar-refractivity contribution is 0.179. The van der Waals surface area contributed by atoms with Gasteiger partial charge in [0.05, 0.1) is 11.6 Å². The minimum atomic E-state index is -0.388. The van der Waals surface area contributed by atoms with Gasteiger partial charge >= 0.3 is 0 Å². The van der Waals surface area contributed by atoms with Crippen molar-refractivity contribution >= 4 is 15.9 Å². The summed E-state index contributed by atoms with van der Waals surface area (Å²) < 4.78 is 25.0. The van der Waals surface area contributed by atoms with Crippen LogP contribution in [0.15, 0.2) is 46.9 Å². The van der Waals surface area contributed by atoms with E-state index in [9.17, 15) is 4.39 Å². The van der Waals surface area contributed by atoms with Gasteiger partial charge < -0.3 is 15.2 Å². The third-order valence-corrected chi connectivity index (χ3v) is 3.70. The molecule has 0 saturated carbocycles. The van der Waals surface area contributed by atoms with Crippen molar-refractivity contribution in [1.29, 1.82) is 0 Å². The van der Waals surface area contributed by atoms with Gasteiger partial charge in [0.25, 0.3) is 0 Å². The van der Waals surface area contributed by atoms with Gasteiger partial charge in [-0.2, -0.15) is 0 Å². The molecule has 0 aliphatic heterocycles. The molecular formula is C16H17BrFNO2. The summed E-state index contributed by atoms with van der Waals surface area (Å²) in [5.74, 6) is 0.783. The molecule has 2 aromatic rings. The molecule has 5 heteroatoms. The smallest absolute Gasteiger partial charge is 0.141 e. The second-order valence-corrected chi connectivity index (χ2v) is 5.60. The number of hydrogen-bond donors (Lipinski definition) is 1. The summed E-state index contributed by atoms with van der Waals surface area (Å²) in [6, 6.07) is 11.9. The molecule has 2 rings (SSSR count). The average Bonchev–Trinajstić information content (AvgIpc) is 2.48. The standard InChI is InChI=1S/C16H17BrFNO2/c1-10(19)16(11-4-3-5-12(8-11)20-2)21-13-6-7-14(17)15(18)9-13/h3-10,16H,19H2,1-2H3. The van der Waals surface area contributed by atoms with E-state index < -0.39 is 0 Å². The molecule has 0 aromatic heterocycles. The monoisotopic (exact) mass is 353 g/mol. The normalized spacial score (nSPS) is 13.6.